The van der Waals surface area contributed by atoms with E-state index in [0.717, 1.165) is 0 Å². The fourth-order valence-electron chi connectivity index (χ4n) is 11.3. The second-order valence-electron chi connectivity index (χ2n) is 22.7. The monoisotopic (exact) mass is 1500 g/mol. The first-order chi connectivity index (χ1) is 44.0. The molecule has 28 atom stereocenters. The lowest BCUT2D eigenvalue weighted by atomic mass is 9.84. The van der Waals surface area contributed by atoms with Crippen molar-refractivity contribution in [3.8, 4) is 0 Å². The zero-order chi connectivity index (χ0) is 74.6. The molecule has 28 N–H and O–H groups in total. The van der Waals surface area contributed by atoms with Gasteiger partial charge in [0.15, 0.2) is 23.7 Å². The van der Waals surface area contributed by atoms with Gasteiger partial charge < -0.3 is 161 Å². The number of aliphatic hydroxyl groups is 28. The van der Waals surface area contributed by atoms with E-state index in [2.05, 4.69) is 16.7 Å². The van der Waals surface area contributed by atoms with Crippen molar-refractivity contribution in [1.29, 1.82) is 0 Å². The first kappa shape index (κ1) is 91.9. The van der Waals surface area contributed by atoms with E-state index in [9.17, 15) is 154 Å². The molecule has 4 fully saturated rings. The zero-order valence-electron chi connectivity index (χ0n) is 50.2. The van der Waals surface area contributed by atoms with Crippen LogP contribution in [0.1, 0.15) is 51.4 Å². The molecule has 96 heavy (non-hydrogen) atoms. The van der Waals surface area contributed by atoms with Crippen molar-refractivity contribution >= 4 is 41.6 Å². The van der Waals surface area contributed by atoms with Crippen LogP contribution in [0.25, 0.3) is 0 Å². The van der Waals surface area contributed by atoms with Crippen LogP contribution in [-0.4, -0.2) is 394 Å². The molecule has 0 saturated heterocycles. The molecular formula is C48H88O44S4. The normalized spacial score (nSPS) is 30.2. The molecule has 48 heteroatoms. The number of aliphatic hydroxyl groups excluding tert-OH is 28. The molecule has 0 amide bonds. The summed E-state index contributed by atoms with van der Waals surface area (Å²) in [6.45, 7) is -6.86. The fourth-order valence-corrected chi connectivity index (χ4v) is 13.3. The van der Waals surface area contributed by atoms with Crippen LogP contribution < -0.4 is 0 Å². The number of hydrogen-bond donors (Lipinski definition) is 28. The second-order valence-corrected chi connectivity index (χ2v) is 26.8. The molecule has 0 aromatic heterocycles. The molecule has 0 aromatic rings. The summed E-state index contributed by atoms with van der Waals surface area (Å²) in [4.78, 5) is 0. The van der Waals surface area contributed by atoms with E-state index in [1.54, 1.807) is 0 Å². The highest BCUT2D eigenvalue weighted by Crippen LogP contribution is 2.44. The third kappa shape index (κ3) is 28.9. The summed E-state index contributed by atoms with van der Waals surface area (Å²) >= 11 is 0. The summed E-state index contributed by atoms with van der Waals surface area (Å²) in [5.41, 5.74) is 0. The predicted molar refractivity (Wildman–Crippen MR) is 299 cm³/mol. The Morgan fingerprint density at radius 1 is 0.302 bits per heavy atom. The molecule has 4 rings (SSSR count). The Kier molecular flexibility index (Phi) is 39.4. The minimum absolute atomic E-state index is 0.0950. The van der Waals surface area contributed by atoms with Crippen LogP contribution in [-0.2, 0) is 58.3 Å². The van der Waals surface area contributed by atoms with Gasteiger partial charge in [0.1, 0.15) is 222 Å². The summed E-state index contributed by atoms with van der Waals surface area (Å²) in [6.07, 6.45) is -41.8. The maximum Gasteiger partial charge on any atom is 0.218 e. The minimum Gasteiger partial charge on any atom is -0.726 e. The molecule has 0 aromatic carbocycles. The van der Waals surface area contributed by atoms with E-state index in [-0.39, 0.29) is 62.2 Å². The van der Waals surface area contributed by atoms with Crippen LogP contribution in [0.4, 0.5) is 0 Å². The fraction of sp³-hybridized carbons (Fsp3) is 0.917. The zero-order valence-corrected chi connectivity index (χ0v) is 53.4. The Morgan fingerprint density at radius 2 is 0.500 bits per heavy atom. The van der Waals surface area contributed by atoms with Crippen molar-refractivity contribution in [2.24, 2.45) is 23.7 Å². The largest absolute Gasteiger partial charge is 0.726 e. The average Bonchev–Trinajstić information content (AvgIpc) is 1.75. The first-order valence-electron chi connectivity index (χ1n) is 28.5. The Labute approximate surface area is 549 Å². The van der Waals surface area contributed by atoms with Crippen LogP contribution in [0.15, 0.2) is 0 Å². The van der Waals surface area contributed by atoms with Crippen molar-refractivity contribution in [1.82, 2.24) is 0 Å². The lowest BCUT2D eigenvalue weighted by molar-refractivity contribution is -0.107. The van der Waals surface area contributed by atoms with Crippen molar-refractivity contribution in [2.45, 2.75) is 198 Å². The van der Waals surface area contributed by atoms with Gasteiger partial charge in [-0.15, -0.1) is 0 Å². The third-order valence-corrected chi connectivity index (χ3v) is 17.7. The third-order valence-electron chi connectivity index (χ3n) is 15.9. The molecule has 0 aliphatic heterocycles. The van der Waals surface area contributed by atoms with E-state index in [0.29, 0.717) is 0 Å². The summed E-state index contributed by atoms with van der Waals surface area (Å²) in [7, 11) is -21.1. The molecule has 0 unspecified atom stereocenters. The van der Waals surface area contributed by atoms with Crippen molar-refractivity contribution in [3.05, 3.63) is 23.7 Å². The van der Waals surface area contributed by atoms with Crippen LogP contribution in [0, 0.1) is 47.3 Å². The van der Waals surface area contributed by atoms with Crippen molar-refractivity contribution in [3.63, 3.8) is 0 Å². The van der Waals surface area contributed by atoms with E-state index >= 15 is 0 Å². The smallest absolute Gasteiger partial charge is 0.218 e. The highest BCUT2D eigenvalue weighted by atomic mass is 32.3. The maximum atomic E-state index is 10.8. The average molecular weight is 1500 g/mol. The second kappa shape index (κ2) is 41.2. The van der Waals surface area contributed by atoms with E-state index in [1.165, 1.54) is 0 Å². The molecule has 4 aliphatic rings. The lowest BCUT2D eigenvalue weighted by Crippen LogP contribution is -2.49. The quantitative estimate of drug-likeness (QED) is 0.0157. The molecule has 0 radical (unpaired) electrons. The van der Waals surface area contributed by atoms with Gasteiger partial charge in [0, 0.05) is 0 Å². The van der Waals surface area contributed by atoms with Gasteiger partial charge in [0.05, 0.1) is 52.9 Å². The summed E-state index contributed by atoms with van der Waals surface area (Å²) in [6, 6.07) is 0. The van der Waals surface area contributed by atoms with Gasteiger partial charge in [-0.1, -0.05) is 0 Å². The Balaban J connectivity index is 0.000000642. The van der Waals surface area contributed by atoms with Crippen LogP contribution in [0.2, 0.25) is 0 Å². The van der Waals surface area contributed by atoms with E-state index in [4.69, 9.17) is 40.9 Å². The van der Waals surface area contributed by atoms with Gasteiger partial charge in [-0.05, 0) is 0 Å². The Hall–Kier alpha value is -2.16. The highest BCUT2D eigenvalue weighted by Gasteiger charge is 2.59. The van der Waals surface area contributed by atoms with Crippen molar-refractivity contribution in [2.75, 3.05) is 52.9 Å². The molecular weight excluding hydrogens is 1410 g/mol. The molecule has 44 nitrogen and oxygen atoms in total. The highest BCUT2D eigenvalue weighted by molar-refractivity contribution is 7.81. The number of hydrogen-bond acceptors (Lipinski definition) is 44. The van der Waals surface area contributed by atoms with Crippen LogP contribution >= 0.6 is 0 Å². The van der Waals surface area contributed by atoms with Gasteiger partial charge in [-0.2, -0.15) is 0 Å². The number of rotatable bonds is 36. The Morgan fingerprint density at radius 3 is 0.667 bits per heavy atom. The topological polar surface area (TPSA) is 832 Å². The SMILES string of the molecule is O=S(=O)([O-])O[C@@H](CO)[C@H](O)C[C+]1C[C@@H](O)[C@@H](O)[C@@H]1[C@@H](O)CO.O=S(=O)([O-])O[C@@H](CO)[C@H](O)C[C+]1C[C@H](O)[C@H](O)[C@H]1[C@H](O)CO.O=S(=O)([O-])O[C@@H]([C@H](O)[C@H](O)CO)[C@@H](O)C[C+]1C[C@@H](O)[C@@H](O)[C@@H]1[C@@H](O)CO.O=S(=O)([O-])O[C@@H]([C@H](O)[C@H](O)CO)[C@@H](O)C[C+]1C[C@H](O)[C@H](O)[C@H]1[C@H](O)CO. The summed E-state index contributed by atoms with van der Waals surface area (Å²) < 4.78 is 144. The van der Waals surface area contributed by atoms with Crippen molar-refractivity contribution < 1.29 is 212 Å². The van der Waals surface area contributed by atoms with Gasteiger partial charge in [0.2, 0.25) is 41.6 Å². The van der Waals surface area contributed by atoms with E-state index < -0.39 is 277 Å². The molecule has 4 aliphatic carbocycles. The molecule has 0 heterocycles. The molecule has 0 bridgehead atoms. The Bertz CT molecular complexity index is 2460. The van der Waals surface area contributed by atoms with Gasteiger partial charge in [0.25, 0.3) is 0 Å². The van der Waals surface area contributed by atoms with E-state index in [1.807, 2.05) is 0 Å². The molecule has 0 spiro atoms. The first-order valence-corrected chi connectivity index (χ1v) is 33.8. The van der Waals surface area contributed by atoms with Gasteiger partial charge in [-0.25, -0.2) is 33.7 Å². The molecule has 568 valence electrons. The lowest BCUT2D eigenvalue weighted by Gasteiger charge is -2.30. The van der Waals surface area contributed by atoms with Crippen LogP contribution in [0.5, 0.6) is 0 Å². The summed E-state index contributed by atoms with van der Waals surface area (Å²) in [5, 5.41) is 267. The maximum absolute atomic E-state index is 10.8. The van der Waals surface area contributed by atoms with Crippen LogP contribution in [0.3, 0.4) is 0 Å². The molecule has 4 saturated carbocycles. The minimum atomic E-state index is -5.40. The van der Waals surface area contributed by atoms with Gasteiger partial charge in [-0.3, -0.25) is 16.7 Å². The standard InChI is InChI=1S/2C13H24O12S.2C11H20O10S/c2*14-3-8(18)10-5(1-6(16)11(10)20)2-7(17)13(25-26(22,23)24)12(21)9(19)4-15;2*12-3-8(16)10-5(2-7(15)11(10)17)1-6(14)9(4-13)21-22(18,19)20/h2*6-21H,1-4H2;2*6-17H,1-4H2/t6-,7+,8+,9-,10+,11-,12-,13-;6-,7-,8+,9+,10+,11-,12+,13+;6-,7+,8-,9+,10-,11+;6-,7-,8+,9+,10+,11-/m1011/s1. The predicted octanol–water partition coefficient (Wildman–Crippen LogP) is -17.6. The van der Waals surface area contributed by atoms with Gasteiger partial charge >= 0.3 is 0 Å². The summed E-state index contributed by atoms with van der Waals surface area (Å²) in [5.74, 6) is -3.60.